The Morgan fingerprint density at radius 1 is 0.575 bits per heavy atom. The molecule has 0 radical (unpaired) electrons. The molecule has 0 aromatic heterocycles. The maximum Gasteiger partial charge on any atom is 0.00270 e. The molecule has 40 heavy (non-hydrogen) atoms. The molecule has 3 atom stereocenters. The minimum Gasteiger partial charge on any atom is -0.0840 e. The van der Waals surface area contributed by atoms with Gasteiger partial charge in [0.1, 0.15) is 0 Å². The van der Waals surface area contributed by atoms with Gasteiger partial charge in [-0.2, -0.15) is 0 Å². The highest BCUT2D eigenvalue weighted by Crippen LogP contribution is 2.50. The number of hydrogen-bond donors (Lipinski definition) is 0. The molecule has 0 heteroatoms. The molecule has 0 saturated heterocycles. The summed E-state index contributed by atoms with van der Waals surface area (Å²) in [5, 5.41) is 7.99. The van der Waals surface area contributed by atoms with Crippen LogP contribution >= 0.6 is 0 Å². The van der Waals surface area contributed by atoms with E-state index in [0.717, 1.165) is 12.8 Å². The molecular weight excluding hydrogens is 480 g/mol. The predicted octanol–water partition coefficient (Wildman–Crippen LogP) is 10.9. The second-order valence-corrected chi connectivity index (χ2v) is 11.6. The van der Waals surface area contributed by atoms with Crippen molar-refractivity contribution in [2.45, 2.75) is 19.3 Å². The molecule has 0 spiro atoms. The van der Waals surface area contributed by atoms with Gasteiger partial charge in [-0.1, -0.05) is 134 Å². The Kier molecular flexibility index (Phi) is 5.66. The molecule has 192 valence electrons. The summed E-state index contributed by atoms with van der Waals surface area (Å²) >= 11 is 0. The van der Waals surface area contributed by atoms with E-state index in [1.54, 1.807) is 5.57 Å². The zero-order chi connectivity index (χ0) is 26.5. The van der Waals surface area contributed by atoms with E-state index >= 15 is 0 Å². The van der Waals surface area contributed by atoms with Crippen LogP contribution in [0.15, 0.2) is 145 Å². The predicted molar refractivity (Wildman–Crippen MR) is 172 cm³/mol. The van der Waals surface area contributed by atoms with E-state index in [0.29, 0.717) is 17.8 Å². The van der Waals surface area contributed by atoms with Gasteiger partial charge in [0.25, 0.3) is 0 Å². The molecule has 3 unspecified atom stereocenters. The van der Waals surface area contributed by atoms with Gasteiger partial charge < -0.3 is 0 Å². The van der Waals surface area contributed by atoms with Crippen LogP contribution in [0.2, 0.25) is 0 Å². The Hall–Kier alpha value is -4.42. The van der Waals surface area contributed by atoms with E-state index in [-0.39, 0.29) is 0 Å². The molecule has 0 N–H and O–H groups in total. The average Bonchev–Trinajstić information content (AvgIpc) is 3.03. The van der Waals surface area contributed by atoms with Gasteiger partial charge in [0.2, 0.25) is 0 Å². The van der Waals surface area contributed by atoms with Gasteiger partial charge in [-0.05, 0) is 97.3 Å². The van der Waals surface area contributed by atoms with Gasteiger partial charge in [-0.25, -0.2) is 0 Å². The number of allylic oxidation sites excluding steroid dienone is 10. The zero-order valence-electron chi connectivity index (χ0n) is 22.6. The Labute approximate surface area is 236 Å². The van der Waals surface area contributed by atoms with Crippen LogP contribution in [0.25, 0.3) is 49.0 Å². The quantitative estimate of drug-likeness (QED) is 0.211. The second kappa shape index (κ2) is 9.65. The molecule has 5 aromatic carbocycles. The van der Waals surface area contributed by atoms with Gasteiger partial charge in [0.15, 0.2) is 0 Å². The molecule has 8 rings (SSSR count). The van der Waals surface area contributed by atoms with Crippen molar-refractivity contribution in [2.75, 3.05) is 0 Å². The maximum atomic E-state index is 2.45. The summed E-state index contributed by atoms with van der Waals surface area (Å²) in [5.74, 6) is 1.73. The van der Waals surface area contributed by atoms with E-state index < -0.39 is 0 Å². The summed E-state index contributed by atoms with van der Waals surface area (Å²) < 4.78 is 0. The Morgan fingerprint density at radius 2 is 1.25 bits per heavy atom. The van der Waals surface area contributed by atoms with Crippen LogP contribution in [0, 0.1) is 17.8 Å². The molecule has 0 nitrogen and oxygen atoms in total. The van der Waals surface area contributed by atoms with Crippen molar-refractivity contribution >= 4 is 37.9 Å². The number of fused-ring (bicyclic) bond motifs is 4. The topological polar surface area (TPSA) is 0 Å². The van der Waals surface area contributed by atoms with Crippen molar-refractivity contribution in [3.05, 3.63) is 151 Å². The van der Waals surface area contributed by atoms with E-state index in [1.165, 1.54) is 61.0 Å². The smallest absolute Gasteiger partial charge is 0.00270 e. The average molecular weight is 513 g/mol. The van der Waals surface area contributed by atoms with Crippen molar-refractivity contribution in [1.82, 2.24) is 0 Å². The first-order chi connectivity index (χ1) is 19.8. The first-order valence-electron chi connectivity index (χ1n) is 14.7. The summed E-state index contributed by atoms with van der Waals surface area (Å²) in [6.07, 6.45) is 22.1. The van der Waals surface area contributed by atoms with Gasteiger partial charge in [-0.15, -0.1) is 0 Å². The zero-order valence-corrected chi connectivity index (χ0v) is 22.6. The highest BCUT2D eigenvalue weighted by atomic mass is 14.4. The van der Waals surface area contributed by atoms with Gasteiger partial charge >= 0.3 is 0 Å². The first-order valence-corrected chi connectivity index (χ1v) is 14.7. The molecule has 0 saturated carbocycles. The summed E-state index contributed by atoms with van der Waals surface area (Å²) in [7, 11) is 0. The fourth-order valence-electron chi connectivity index (χ4n) is 7.54. The Morgan fingerprint density at radius 3 is 1.98 bits per heavy atom. The van der Waals surface area contributed by atoms with Gasteiger partial charge in [0, 0.05) is 5.92 Å². The molecule has 0 aliphatic heterocycles. The van der Waals surface area contributed by atoms with Crippen LogP contribution in [0.4, 0.5) is 0 Å². The lowest BCUT2D eigenvalue weighted by Crippen LogP contribution is -2.24. The van der Waals surface area contributed by atoms with E-state index in [1.807, 2.05) is 0 Å². The SMILES string of the molecule is C1=CCC(C2CC(c3c4ccccc4c(-c4ccc5ccccc5c4)c4ccccc34)=C3C=CC=CC3C2)C=C1. The Bertz CT molecular complexity index is 1880. The third-order valence-corrected chi connectivity index (χ3v) is 9.39. The minimum absolute atomic E-state index is 0.482. The lowest BCUT2D eigenvalue weighted by atomic mass is 9.67. The summed E-state index contributed by atoms with van der Waals surface area (Å²) in [6.45, 7) is 0. The van der Waals surface area contributed by atoms with Crippen molar-refractivity contribution in [3.8, 4) is 11.1 Å². The normalized spacial score (nSPS) is 21.9. The molecule has 0 amide bonds. The van der Waals surface area contributed by atoms with Crippen LogP contribution in [0.1, 0.15) is 24.8 Å². The maximum absolute atomic E-state index is 2.45. The van der Waals surface area contributed by atoms with Crippen LogP contribution in [0.5, 0.6) is 0 Å². The molecule has 0 heterocycles. The molecule has 3 aliphatic rings. The van der Waals surface area contributed by atoms with Crippen LogP contribution in [0.3, 0.4) is 0 Å². The fraction of sp³-hybridized carbons (Fsp3) is 0.150. The fourth-order valence-corrected chi connectivity index (χ4v) is 7.54. The molecule has 0 bridgehead atoms. The standard InChI is InChI=1S/C40H32/c1-2-12-27(13-3-1)32-25-30-16-6-7-17-33(30)38(26-32)40-36-20-10-8-18-34(36)39(35-19-9-11-21-37(35)40)31-23-22-28-14-4-5-15-29(28)24-31/h1-12,14-24,27,30,32H,13,25-26H2. The lowest BCUT2D eigenvalue weighted by molar-refractivity contribution is 0.339. The van der Waals surface area contributed by atoms with Crippen molar-refractivity contribution in [3.63, 3.8) is 0 Å². The molecule has 3 aliphatic carbocycles. The van der Waals surface area contributed by atoms with Crippen LogP contribution < -0.4 is 0 Å². The lowest BCUT2D eigenvalue weighted by Gasteiger charge is -2.37. The monoisotopic (exact) mass is 512 g/mol. The summed E-state index contributed by atoms with van der Waals surface area (Å²) in [4.78, 5) is 0. The minimum atomic E-state index is 0.482. The highest BCUT2D eigenvalue weighted by molar-refractivity contribution is 6.19. The second-order valence-electron chi connectivity index (χ2n) is 11.6. The van der Waals surface area contributed by atoms with Crippen molar-refractivity contribution in [1.29, 1.82) is 0 Å². The van der Waals surface area contributed by atoms with E-state index in [2.05, 4.69) is 140 Å². The van der Waals surface area contributed by atoms with Crippen LogP contribution in [-0.2, 0) is 0 Å². The van der Waals surface area contributed by atoms with E-state index in [9.17, 15) is 0 Å². The largest absolute Gasteiger partial charge is 0.0840 e. The summed E-state index contributed by atoms with van der Waals surface area (Å²) in [6, 6.07) is 33.9. The highest BCUT2D eigenvalue weighted by Gasteiger charge is 2.33. The molecule has 0 fully saturated rings. The number of hydrogen-bond acceptors (Lipinski definition) is 0. The van der Waals surface area contributed by atoms with Gasteiger partial charge in [-0.3, -0.25) is 0 Å². The van der Waals surface area contributed by atoms with Crippen molar-refractivity contribution in [2.24, 2.45) is 17.8 Å². The third-order valence-electron chi connectivity index (χ3n) is 9.39. The Balaban J connectivity index is 1.41. The molecule has 5 aromatic rings. The van der Waals surface area contributed by atoms with Crippen molar-refractivity contribution < 1.29 is 0 Å². The summed E-state index contributed by atoms with van der Waals surface area (Å²) in [5.41, 5.74) is 7.13. The first kappa shape index (κ1) is 23.5. The third kappa shape index (κ3) is 3.82. The van der Waals surface area contributed by atoms with Crippen LogP contribution in [-0.4, -0.2) is 0 Å². The molecular formula is C40H32. The number of benzene rings is 5. The number of rotatable bonds is 3. The van der Waals surface area contributed by atoms with Gasteiger partial charge in [0.05, 0.1) is 0 Å². The van der Waals surface area contributed by atoms with E-state index in [4.69, 9.17) is 0 Å².